The molecule has 1 aromatic rings. The predicted molar refractivity (Wildman–Crippen MR) is 58.7 cm³/mol. The Labute approximate surface area is 89.5 Å². The predicted octanol–water partition coefficient (Wildman–Crippen LogP) is 1.93. The van der Waals surface area contributed by atoms with Gasteiger partial charge in [-0.05, 0) is 12.8 Å². The summed E-state index contributed by atoms with van der Waals surface area (Å²) in [6.45, 7) is 1.17. The molecule has 1 saturated carbocycles. The van der Waals surface area contributed by atoms with Crippen LogP contribution in [-0.4, -0.2) is 0 Å². The molecule has 0 bridgehead atoms. The standard InChI is InChI=1S/C10H14N2.BrH/c11-10-4-6-12(7-5-10)8-9-2-1-3-9;/h4-7,9,11H,1-3,8H2;1H/p+1. The van der Waals surface area contributed by atoms with Gasteiger partial charge >= 0.3 is 0 Å². The second kappa shape index (κ2) is 4.61. The average molecular weight is 244 g/mol. The Morgan fingerprint density at radius 2 is 1.92 bits per heavy atom. The van der Waals surface area contributed by atoms with E-state index in [4.69, 9.17) is 5.73 Å². The third kappa shape index (κ3) is 2.69. The number of pyridine rings is 1. The lowest BCUT2D eigenvalue weighted by Gasteiger charge is -2.21. The van der Waals surface area contributed by atoms with E-state index in [9.17, 15) is 0 Å². The van der Waals surface area contributed by atoms with E-state index in [1.54, 1.807) is 0 Å². The molecular formula is C10H16BrN2+. The van der Waals surface area contributed by atoms with E-state index in [1.165, 1.54) is 25.8 Å². The molecule has 2 N–H and O–H groups in total. The van der Waals surface area contributed by atoms with Gasteiger partial charge in [-0.25, -0.2) is 4.57 Å². The van der Waals surface area contributed by atoms with E-state index in [0.717, 1.165) is 11.6 Å². The molecule has 1 aliphatic rings. The van der Waals surface area contributed by atoms with Crippen molar-refractivity contribution in [3.63, 3.8) is 0 Å². The van der Waals surface area contributed by atoms with Gasteiger partial charge in [0.25, 0.3) is 0 Å². The highest BCUT2D eigenvalue weighted by Gasteiger charge is 2.21. The Morgan fingerprint density at radius 1 is 1.31 bits per heavy atom. The van der Waals surface area contributed by atoms with E-state index < -0.39 is 0 Å². The molecule has 2 nitrogen and oxygen atoms in total. The van der Waals surface area contributed by atoms with Gasteiger partial charge in [0.15, 0.2) is 18.9 Å². The maximum absolute atomic E-state index is 5.59. The summed E-state index contributed by atoms with van der Waals surface area (Å²) < 4.78 is 2.22. The van der Waals surface area contributed by atoms with Gasteiger partial charge in [-0.3, -0.25) is 0 Å². The van der Waals surface area contributed by atoms with Crippen LogP contribution in [0.3, 0.4) is 0 Å². The lowest BCUT2D eigenvalue weighted by molar-refractivity contribution is -0.704. The number of halogens is 1. The monoisotopic (exact) mass is 243 g/mol. The first-order valence-electron chi connectivity index (χ1n) is 4.59. The first-order valence-corrected chi connectivity index (χ1v) is 4.59. The minimum absolute atomic E-state index is 0. The first-order chi connectivity index (χ1) is 5.84. The summed E-state index contributed by atoms with van der Waals surface area (Å²) in [5, 5.41) is 0. The van der Waals surface area contributed by atoms with Crippen molar-refractivity contribution in [2.75, 3.05) is 5.73 Å². The van der Waals surface area contributed by atoms with Gasteiger partial charge < -0.3 is 5.73 Å². The highest BCUT2D eigenvalue weighted by Crippen LogP contribution is 2.25. The van der Waals surface area contributed by atoms with Crippen molar-refractivity contribution < 1.29 is 4.57 Å². The van der Waals surface area contributed by atoms with Crippen LogP contribution in [0.15, 0.2) is 24.5 Å². The minimum Gasteiger partial charge on any atom is -0.398 e. The van der Waals surface area contributed by atoms with Crippen molar-refractivity contribution in [2.45, 2.75) is 25.8 Å². The van der Waals surface area contributed by atoms with Gasteiger partial charge in [-0.15, -0.1) is 17.0 Å². The maximum atomic E-state index is 5.59. The fraction of sp³-hybridized carbons (Fsp3) is 0.500. The van der Waals surface area contributed by atoms with E-state index in [2.05, 4.69) is 17.0 Å². The highest BCUT2D eigenvalue weighted by atomic mass is 79.9. The second-order valence-corrected chi connectivity index (χ2v) is 3.63. The van der Waals surface area contributed by atoms with Crippen molar-refractivity contribution in [1.82, 2.24) is 0 Å². The Hall–Kier alpha value is -0.570. The Kier molecular flexibility index (Phi) is 3.72. The van der Waals surface area contributed by atoms with Crippen LogP contribution in [0.2, 0.25) is 0 Å². The van der Waals surface area contributed by atoms with Crippen LogP contribution in [-0.2, 0) is 6.54 Å². The van der Waals surface area contributed by atoms with E-state index in [1.807, 2.05) is 12.1 Å². The molecule has 1 fully saturated rings. The number of nitrogens with zero attached hydrogens (tertiary/aromatic N) is 1. The van der Waals surface area contributed by atoms with Crippen molar-refractivity contribution in [3.8, 4) is 0 Å². The number of nitrogens with two attached hydrogens (primary N) is 1. The number of anilines is 1. The quantitative estimate of drug-likeness (QED) is 0.791. The number of nitrogen functional groups attached to an aromatic ring is 1. The van der Waals surface area contributed by atoms with Crippen LogP contribution in [0, 0.1) is 5.92 Å². The fourth-order valence-corrected chi connectivity index (χ4v) is 1.56. The van der Waals surface area contributed by atoms with Crippen LogP contribution < -0.4 is 10.3 Å². The summed E-state index contributed by atoms with van der Waals surface area (Å²) in [6.07, 6.45) is 8.34. The van der Waals surface area contributed by atoms with E-state index >= 15 is 0 Å². The summed E-state index contributed by atoms with van der Waals surface area (Å²) in [4.78, 5) is 0. The minimum atomic E-state index is 0. The molecule has 3 heteroatoms. The molecule has 1 aliphatic carbocycles. The molecule has 13 heavy (non-hydrogen) atoms. The molecule has 0 unspecified atom stereocenters. The first kappa shape index (κ1) is 10.5. The molecule has 0 atom stereocenters. The Balaban J connectivity index is 0.000000845. The topological polar surface area (TPSA) is 29.9 Å². The summed E-state index contributed by atoms with van der Waals surface area (Å²) in [6, 6.07) is 3.91. The molecule has 2 rings (SSSR count). The fourth-order valence-electron chi connectivity index (χ4n) is 1.56. The molecule has 1 aromatic heterocycles. The zero-order valence-corrected chi connectivity index (χ0v) is 9.36. The number of rotatable bonds is 2. The zero-order chi connectivity index (χ0) is 8.39. The number of aromatic nitrogens is 1. The molecular weight excluding hydrogens is 228 g/mol. The van der Waals surface area contributed by atoms with Crippen LogP contribution >= 0.6 is 17.0 Å². The zero-order valence-electron chi connectivity index (χ0n) is 7.65. The number of hydrogen-bond donors (Lipinski definition) is 1. The molecule has 72 valence electrons. The second-order valence-electron chi connectivity index (χ2n) is 3.63. The van der Waals surface area contributed by atoms with Crippen LogP contribution in [0.1, 0.15) is 19.3 Å². The molecule has 0 aliphatic heterocycles. The SMILES string of the molecule is Br.Nc1cc[n+](CC2CCC2)cc1. The maximum Gasteiger partial charge on any atom is 0.170 e. The van der Waals surface area contributed by atoms with Crippen LogP contribution in [0.5, 0.6) is 0 Å². The van der Waals surface area contributed by atoms with Crippen LogP contribution in [0.25, 0.3) is 0 Å². The van der Waals surface area contributed by atoms with Crippen molar-refractivity contribution in [1.29, 1.82) is 0 Å². The molecule has 1 heterocycles. The largest absolute Gasteiger partial charge is 0.398 e. The summed E-state index contributed by atoms with van der Waals surface area (Å²) >= 11 is 0. The van der Waals surface area contributed by atoms with Crippen molar-refractivity contribution >= 4 is 22.7 Å². The molecule has 0 spiro atoms. The van der Waals surface area contributed by atoms with Gasteiger partial charge in [0.05, 0.1) is 0 Å². The highest BCUT2D eigenvalue weighted by molar-refractivity contribution is 8.93. The normalized spacial score (nSPS) is 16.0. The Bertz CT molecular complexity index is 254. The lowest BCUT2D eigenvalue weighted by Crippen LogP contribution is -2.38. The average Bonchev–Trinajstić information content (AvgIpc) is 2.00. The summed E-state index contributed by atoms with van der Waals surface area (Å²) in [5.74, 6) is 0.915. The van der Waals surface area contributed by atoms with Gasteiger partial charge in [0.1, 0.15) is 0 Å². The molecule has 0 radical (unpaired) electrons. The lowest BCUT2D eigenvalue weighted by atomic mass is 9.85. The van der Waals surface area contributed by atoms with Gasteiger partial charge in [0, 0.05) is 23.7 Å². The molecule has 0 saturated heterocycles. The van der Waals surface area contributed by atoms with E-state index in [0.29, 0.717) is 0 Å². The smallest absolute Gasteiger partial charge is 0.170 e. The van der Waals surface area contributed by atoms with Gasteiger partial charge in [0.2, 0.25) is 0 Å². The third-order valence-electron chi connectivity index (χ3n) is 2.61. The third-order valence-corrected chi connectivity index (χ3v) is 2.61. The van der Waals surface area contributed by atoms with Gasteiger partial charge in [-0.1, -0.05) is 6.42 Å². The number of hydrogen-bond acceptors (Lipinski definition) is 1. The molecule has 0 aromatic carbocycles. The van der Waals surface area contributed by atoms with Gasteiger partial charge in [-0.2, -0.15) is 0 Å². The summed E-state index contributed by atoms with van der Waals surface area (Å²) in [5.41, 5.74) is 6.44. The Morgan fingerprint density at radius 3 is 2.38 bits per heavy atom. The summed E-state index contributed by atoms with van der Waals surface area (Å²) in [7, 11) is 0. The van der Waals surface area contributed by atoms with Crippen molar-refractivity contribution in [3.05, 3.63) is 24.5 Å². The van der Waals surface area contributed by atoms with Crippen molar-refractivity contribution in [2.24, 2.45) is 5.92 Å². The van der Waals surface area contributed by atoms with E-state index in [-0.39, 0.29) is 17.0 Å². The molecule has 0 amide bonds. The van der Waals surface area contributed by atoms with Crippen LogP contribution in [0.4, 0.5) is 5.69 Å².